The maximum atomic E-state index is 6.16. The van der Waals surface area contributed by atoms with E-state index in [4.69, 9.17) is 34.8 Å². The lowest BCUT2D eigenvalue weighted by Gasteiger charge is -2.32. The lowest BCUT2D eigenvalue weighted by atomic mass is 10.0. The number of nitrogens with zero attached hydrogens (tertiary/aromatic N) is 1. The van der Waals surface area contributed by atoms with Crippen molar-refractivity contribution in [2.45, 2.75) is 25.8 Å². The lowest BCUT2D eigenvalue weighted by Crippen LogP contribution is -2.38. The van der Waals surface area contributed by atoms with E-state index in [9.17, 15) is 0 Å². The summed E-state index contributed by atoms with van der Waals surface area (Å²) >= 11 is 18.1. The van der Waals surface area contributed by atoms with Gasteiger partial charge in [-0.2, -0.15) is 0 Å². The summed E-state index contributed by atoms with van der Waals surface area (Å²) in [5.74, 6) is 0. The molecule has 0 radical (unpaired) electrons. The van der Waals surface area contributed by atoms with Crippen LogP contribution in [0.3, 0.4) is 0 Å². The van der Waals surface area contributed by atoms with E-state index in [2.05, 4.69) is 17.1 Å². The number of nitrogens with one attached hydrogen (secondary N) is 1. The fourth-order valence-electron chi connectivity index (χ4n) is 2.25. The van der Waals surface area contributed by atoms with Gasteiger partial charge >= 0.3 is 0 Å². The van der Waals surface area contributed by atoms with Gasteiger partial charge in [-0.3, -0.25) is 0 Å². The van der Waals surface area contributed by atoms with E-state index < -0.39 is 0 Å². The van der Waals surface area contributed by atoms with Crippen molar-refractivity contribution in [3.05, 3.63) is 27.2 Å². The molecule has 0 saturated carbocycles. The molecule has 2 nitrogen and oxygen atoms in total. The Morgan fingerprint density at radius 1 is 1.11 bits per heavy atom. The van der Waals surface area contributed by atoms with Gasteiger partial charge in [0.25, 0.3) is 0 Å². The van der Waals surface area contributed by atoms with Gasteiger partial charge in [0, 0.05) is 19.1 Å². The molecular formula is C13H17Cl3N2. The molecule has 1 aliphatic rings. The van der Waals surface area contributed by atoms with Crippen LogP contribution in [-0.4, -0.2) is 30.6 Å². The van der Waals surface area contributed by atoms with Crippen LogP contribution in [0.4, 0.5) is 5.69 Å². The number of likely N-dealkylation sites (tertiary alicyclic amines) is 1. The van der Waals surface area contributed by atoms with Gasteiger partial charge in [-0.05, 0) is 31.5 Å². The number of piperidine rings is 1. The van der Waals surface area contributed by atoms with Crippen molar-refractivity contribution in [3.8, 4) is 0 Å². The first-order valence-corrected chi connectivity index (χ1v) is 7.37. The maximum Gasteiger partial charge on any atom is 0.0653 e. The third kappa shape index (κ3) is 3.45. The first-order chi connectivity index (χ1) is 8.60. The van der Waals surface area contributed by atoms with Crippen molar-refractivity contribution >= 4 is 40.5 Å². The van der Waals surface area contributed by atoms with Crippen LogP contribution in [0.1, 0.15) is 19.8 Å². The van der Waals surface area contributed by atoms with Crippen LogP contribution < -0.4 is 5.32 Å². The summed E-state index contributed by atoms with van der Waals surface area (Å²) < 4.78 is 0. The summed E-state index contributed by atoms with van der Waals surface area (Å²) in [5, 5.41) is 5.12. The van der Waals surface area contributed by atoms with Crippen LogP contribution >= 0.6 is 34.8 Å². The highest BCUT2D eigenvalue weighted by Crippen LogP contribution is 2.33. The number of halogens is 3. The molecule has 0 unspecified atom stereocenters. The number of benzene rings is 1. The Bertz CT molecular complexity index is 415. The fraction of sp³-hybridized carbons (Fsp3) is 0.538. The van der Waals surface area contributed by atoms with Crippen LogP contribution in [-0.2, 0) is 0 Å². The van der Waals surface area contributed by atoms with E-state index in [-0.39, 0.29) is 0 Å². The Morgan fingerprint density at radius 3 is 2.33 bits per heavy atom. The largest absolute Gasteiger partial charge is 0.381 e. The zero-order valence-electron chi connectivity index (χ0n) is 10.3. The predicted molar refractivity (Wildman–Crippen MR) is 80.2 cm³/mol. The zero-order valence-corrected chi connectivity index (χ0v) is 12.6. The van der Waals surface area contributed by atoms with Crippen molar-refractivity contribution in [3.63, 3.8) is 0 Å². The minimum absolute atomic E-state index is 0.461. The zero-order chi connectivity index (χ0) is 13.1. The molecule has 1 aromatic carbocycles. The molecule has 1 aromatic rings. The van der Waals surface area contributed by atoms with E-state index in [0.29, 0.717) is 21.1 Å². The van der Waals surface area contributed by atoms with E-state index in [1.54, 1.807) is 12.1 Å². The third-order valence-corrected chi connectivity index (χ3v) is 4.44. The van der Waals surface area contributed by atoms with Crippen molar-refractivity contribution in [1.82, 2.24) is 4.90 Å². The van der Waals surface area contributed by atoms with Crippen LogP contribution in [0, 0.1) is 0 Å². The molecule has 5 heteroatoms. The Labute approximate surface area is 123 Å². The molecule has 1 aliphatic heterocycles. The average molecular weight is 308 g/mol. The summed E-state index contributed by atoms with van der Waals surface area (Å²) in [6.07, 6.45) is 2.26. The van der Waals surface area contributed by atoms with Gasteiger partial charge in [0.15, 0.2) is 0 Å². The molecular weight excluding hydrogens is 291 g/mol. The molecule has 1 saturated heterocycles. The minimum atomic E-state index is 0.461. The Morgan fingerprint density at radius 2 is 1.72 bits per heavy atom. The number of hydrogen-bond acceptors (Lipinski definition) is 2. The van der Waals surface area contributed by atoms with E-state index in [0.717, 1.165) is 38.2 Å². The van der Waals surface area contributed by atoms with E-state index in [1.807, 2.05) is 0 Å². The molecule has 2 rings (SSSR count). The summed E-state index contributed by atoms with van der Waals surface area (Å²) in [6.45, 7) is 5.59. The molecule has 100 valence electrons. The topological polar surface area (TPSA) is 15.3 Å². The van der Waals surface area contributed by atoms with Gasteiger partial charge in [0.1, 0.15) is 0 Å². The summed E-state index contributed by atoms with van der Waals surface area (Å²) in [4.78, 5) is 2.45. The maximum absolute atomic E-state index is 6.16. The Kier molecular flexibility index (Phi) is 5.02. The summed E-state index contributed by atoms with van der Waals surface area (Å²) in [5.41, 5.74) is 0.876. The number of anilines is 1. The molecule has 0 atom stereocenters. The van der Waals surface area contributed by atoms with Crippen LogP contribution in [0.5, 0.6) is 0 Å². The highest BCUT2D eigenvalue weighted by molar-refractivity contribution is 6.44. The van der Waals surface area contributed by atoms with Gasteiger partial charge in [0.05, 0.1) is 20.8 Å². The standard InChI is InChI=1S/C13H17Cl3N2/c1-2-18-5-3-9(4-6-18)17-13-8-11(15)10(14)7-12(13)16/h7-9,17H,2-6H2,1H3. The van der Waals surface area contributed by atoms with Crippen molar-refractivity contribution in [2.75, 3.05) is 25.0 Å². The highest BCUT2D eigenvalue weighted by atomic mass is 35.5. The molecule has 1 N–H and O–H groups in total. The molecule has 0 amide bonds. The number of hydrogen-bond donors (Lipinski definition) is 1. The highest BCUT2D eigenvalue weighted by Gasteiger charge is 2.18. The number of rotatable bonds is 3. The normalized spacial score (nSPS) is 18.0. The van der Waals surface area contributed by atoms with Crippen molar-refractivity contribution in [1.29, 1.82) is 0 Å². The van der Waals surface area contributed by atoms with E-state index in [1.165, 1.54) is 0 Å². The lowest BCUT2D eigenvalue weighted by molar-refractivity contribution is 0.229. The van der Waals surface area contributed by atoms with Crippen LogP contribution in [0.2, 0.25) is 15.1 Å². The predicted octanol–water partition coefficient (Wildman–Crippen LogP) is 4.54. The van der Waals surface area contributed by atoms with Crippen LogP contribution in [0.15, 0.2) is 12.1 Å². The van der Waals surface area contributed by atoms with E-state index >= 15 is 0 Å². The summed E-state index contributed by atoms with van der Waals surface area (Å²) in [7, 11) is 0. The molecule has 0 bridgehead atoms. The minimum Gasteiger partial charge on any atom is -0.381 e. The molecule has 18 heavy (non-hydrogen) atoms. The molecule has 0 aliphatic carbocycles. The third-order valence-electron chi connectivity index (χ3n) is 3.40. The Hall–Kier alpha value is -0.150. The molecule has 1 heterocycles. The second-order valence-corrected chi connectivity index (χ2v) is 5.82. The molecule has 0 aromatic heterocycles. The molecule has 1 fully saturated rings. The summed E-state index contributed by atoms with van der Waals surface area (Å²) in [6, 6.07) is 3.95. The van der Waals surface area contributed by atoms with Gasteiger partial charge < -0.3 is 10.2 Å². The van der Waals surface area contributed by atoms with Crippen molar-refractivity contribution in [2.24, 2.45) is 0 Å². The first-order valence-electron chi connectivity index (χ1n) is 6.23. The van der Waals surface area contributed by atoms with Gasteiger partial charge in [0.2, 0.25) is 0 Å². The first kappa shape index (κ1) is 14.3. The molecule has 0 spiro atoms. The fourth-order valence-corrected chi connectivity index (χ4v) is 2.85. The van der Waals surface area contributed by atoms with Gasteiger partial charge in [-0.15, -0.1) is 0 Å². The smallest absolute Gasteiger partial charge is 0.0653 e. The second kappa shape index (κ2) is 6.33. The monoisotopic (exact) mass is 306 g/mol. The quantitative estimate of drug-likeness (QED) is 0.825. The SMILES string of the molecule is CCN1CCC(Nc2cc(Cl)c(Cl)cc2Cl)CC1. The van der Waals surface area contributed by atoms with Gasteiger partial charge in [-0.1, -0.05) is 41.7 Å². The second-order valence-electron chi connectivity index (χ2n) is 4.60. The van der Waals surface area contributed by atoms with Gasteiger partial charge in [-0.25, -0.2) is 0 Å². The van der Waals surface area contributed by atoms with Crippen molar-refractivity contribution < 1.29 is 0 Å². The average Bonchev–Trinajstić information content (AvgIpc) is 2.37. The van der Waals surface area contributed by atoms with Crippen LogP contribution in [0.25, 0.3) is 0 Å². The Balaban J connectivity index is 2.00.